The van der Waals surface area contributed by atoms with Gasteiger partial charge in [-0.15, -0.1) is 0 Å². The van der Waals surface area contributed by atoms with Crippen molar-refractivity contribution in [2.45, 2.75) is 24.8 Å². The Balaban J connectivity index is 2.19. The van der Waals surface area contributed by atoms with E-state index in [0.29, 0.717) is 6.54 Å². The maximum Gasteiger partial charge on any atom is 0.111 e. The number of nitrogens with zero attached hydrogens (tertiary/aromatic N) is 1. The van der Waals surface area contributed by atoms with Crippen molar-refractivity contribution in [1.82, 2.24) is 5.32 Å². The quantitative estimate of drug-likeness (QED) is 0.793. The number of benzene rings is 1. The zero-order chi connectivity index (χ0) is 11.4. The number of nitriles is 1. The molecule has 1 aliphatic rings. The number of nitrogens with one attached hydrogen (secondary N) is 1. The van der Waals surface area contributed by atoms with Crippen molar-refractivity contribution in [2.75, 3.05) is 13.2 Å². The molecule has 84 valence electrons. The summed E-state index contributed by atoms with van der Waals surface area (Å²) < 4.78 is 0. The van der Waals surface area contributed by atoms with Crippen molar-refractivity contribution in [2.24, 2.45) is 0 Å². The molecule has 0 fully saturated rings. The van der Waals surface area contributed by atoms with Gasteiger partial charge < -0.3 is 5.11 Å². The van der Waals surface area contributed by atoms with Crippen LogP contribution in [-0.4, -0.2) is 23.8 Å². The number of hydrogen-bond donors (Lipinski definition) is 2. The molecule has 0 aliphatic heterocycles. The van der Waals surface area contributed by atoms with Gasteiger partial charge in [-0.05, 0) is 24.0 Å². The molecular weight excluding hydrogens is 200 g/mol. The molecular formula is C13H16N2O. The van der Waals surface area contributed by atoms with Crippen LogP contribution in [0, 0.1) is 11.3 Å². The van der Waals surface area contributed by atoms with E-state index in [1.54, 1.807) is 0 Å². The van der Waals surface area contributed by atoms with Crippen molar-refractivity contribution in [3.8, 4) is 6.07 Å². The van der Waals surface area contributed by atoms with Crippen molar-refractivity contribution < 1.29 is 5.11 Å². The van der Waals surface area contributed by atoms with E-state index in [0.717, 1.165) is 19.3 Å². The summed E-state index contributed by atoms with van der Waals surface area (Å²) in [6.07, 6.45) is 2.49. The van der Waals surface area contributed by atoms with E-state index in [9.17, 15) is 5.26 Å². The second-order valence-electron chi connectivity index (χ2n) is 4.29. The van der Waals surface area contributed by atoms with Crippen molar-refractivity contribution >= 4 is 0 Å². The fraction of sp³-hybridized carbons (Fsp3) is 0.462. The highest BCUT2D eigenvalue weighted by Crippen LogP contribution is 2.28. The van der Waals surface area contributed by atoms with Gasteiger partial charge >= 0.3 is 0 Å². The van der Waals surface area contributed by atoms with Crippen LogP contribution in [0.4, 0.5) is 0 Å². The van der Waals surface area contributed by atoms with Crippen LogP contribution in [0.1, 0.15) is 17.5 Å². The zero-order valence-electron chi connectivity index (χ0n) is 9.24. The lowest BCUT2D eigenvalue weighted by Gasteiger charge is -2.33. The van der Waals surface area contributed by atoms with Crippen LogP contribution in [0.15, 0.2) is 24.3 Å². The average Bonchev–Trinajstić information content (AvgIpc) is 2.36. The van der Waals surface area contributed by atoms with Gasteiger partial charge in [-0.3, -0.25) is 5.32 Å². The van der Waals surface area contributed by atoms with Crippen LogP contribution >= 0.6 is 0 Å². The Kier molecular flexibility index (Phi) is 3.23. The third kappa shape index (κ3) is 2.08. The van der Waals surface area contributed by atoms with E-state index in [4.69, 9.17) is 5.11 Å². The molecule has 2 N–H and O–H groups in total. The Morgan fingerprint density at radius 3 is 2.81 bits per heavy atom. The first kappa shape index (κ1) is 11.1. The van der Waals surface area contributed by atoms with Gasteiger partial charge in [-0.2, -0.15) is 5.26 Å². The number of hydrogen-bond acceptors (Lipinski definition) is 3. The van der Waals surface area contributed by atoms with E-state index < -0.39 is 5.54 Å². The molecule has 1 atom stereocenters. The predicted molar refractivity (Wildman–Crippen MR) is 61.9 cm³/mol. The summed E-state index contributed by atoms with van der Waals surface area (Å²) >= 11 is 0. The van der Waals surface area contributed by atoms with Gasteiger partial charge in [0.1, 0.15) is 5.54 Å². The first-order chi connectivity index (χ1) is 7.79. The molecule has 1 aromatic rings. The lowest BCUT2D eigenvalue weighted by atomic mass is 9.79. The molecule has 0 radical (unpaired) electrons. The standard InChI is InChI=1S/C13H16N2O/c14-10-13(15-7-8-16)6-5-11-3-1-2-4-12(11)9-13/h1-4,15-16H,5-9H2. The summed E-state index contributed by atoms with van der Waals surface area (Å²) in [6.45, 7) is 0.556. The molecule has 16 heavy (non-hydrogen) atoms. The molecule has 0 saturated heterocycles. The molecule has 0 spiro atoms. The van der Waals surface area contributed by atoms with E-state index in [-0.39, 0.29) is 6.61 Å². The highest BCUT2D eigenvalue weighted by Gasteiger charge is 2.33. The minimum atomic E-state index is -0.489. The van der Waals surface area contributed by atoms with Crippen LogP contribution in [-0.2, 0) is 12.8 Å². The monoisotopic (exact) mass is 216 g/mol. The molecule has 0 heterocycles. The molecule has 0 saturated carbocycles. The minimum Gasteiger partial charge on any atom is -0.395 e. The third-order valence-corrected chi connectivity index (χ3v) is 3.22. The van der Waals surface area contributed by atoms with Gasteiger partial charge in [0, 0.05) is 13.0 Å². The lowest BCUT2D eigenvalue weighted by Crippen LogP contribution is -2.49. The van der Waals surface area contributed by atoms with Gasteiger partial charge in [0.25, 0.3) is 0 Å². The first-order valence-electron chi connectivity index (χ1n) is 5.63. The van der Waals surface area contributed by atoms with Crippen LogP contribution in [0.3, 0.4) is 0 Å². The van der Waals surface area contributed by atoms with E-state index in [1.165, 1.54) is 11.1 Å². The summed E-state index contributed by atoms with van der Waals surface area (Å²) in [7, 11) is 0. The number of β-amino-alcohol motifs (C(OH)–C–C–N with tert-alkyl or cyclic N) is 1. The van der Waals surface area contributed by atoms with Gasteiger partial charge in [-0.1, -0.05) is 24.3 Å². The fourth-order valence-electron chi connectivity index (χ4n) is 2.32. The Morgan fingerprint density at radius 1 is 1.38 bits per heavy atom. The van der Waals surface area contributed by atoms with E-state index >= 15 is 0 Å². The Labute approximate surface area is 95.7 Å². The maximum absolute atomic E-state index is 9.30. The molecule has 0 amide bonds. The number of aliphatic hydroxyl groups is 1. The van der Waals surface area contributed by atoms with Crippen LogP contribution in [0.5, 0.6) is 0 Å². The smallest absolute Gasteiger partial charge is 0.111 e. The largest absolute Gasteiger partial charge is 0.395 e. The number of fused-ring (bicyclic) bond motifs is 1. The minimum absolute atomic E-state index is 0.0745. The van der Waals surface area contributed by atoms with Crippen LogP contribution in [0.25, 0.3) is 0 Å². The second-order valence-corrected chi connectivity index (χ2v) is 4.29. The Bertz CT molecular complexity index is 411. The van der Waals surface area contributed by atoms with Gasteiger partial charge in [0.05, 0.1) is 12.7 Å². The van der Waals surface area contributed by atoms with Gasteiger partial charge in [0.15, 0.2) is 0 Å². The predicted octanol–water partition coefficient (Wildman–Crippen LogP) is 1.02. The van der Waals surface area contributed by atoms with Gasteiger partial charge in [-0.25, -0.2) is 0 Å². The topological polar surface area (TPSA) is 56.0 Å². The Hall–Kier alpha value is -1.37. The summed E-state index contributed by atoms with van der Waals surface area (Å²) in [5.74, 6) is 0. The van der Waals surface area contributed by atoms with E-state index in [2.05, 4.69) is 23.5 Å². The highest BCUT2D eigenvalue weighted by molar-refractivity contribution is 5.34. The van der Waals surface area contributed by atoms with Crippen molar-refractivity contribution in [3.63, 3.8) is 0 Å². The molecule has 1 aliphatic carbocycles. The Morgan fingerprint density at radius 2 is 2.12 bits per heavy atom. The van der Waals surface area contributed by atoms with Crippen molar-refractivity contribution in [1.29, 1.82) is 5.26 Å². The molecule has 2 rings (SSSR count). The maximum atomic E-state index is 9.30. The molecule has 3 nitrogen and oxygen atoms in total. The summed E-state index contributed by atoms with van der Waals surface area (Å²) in [5, 5.41) is 21.3. The third-order valence-electron chi connectivity index (χ3n) is 3.22. The van der Waals surface area contributed by atoms with Crippen LogP contribution < -0.4 is 5.32 Å². The van der Waals surface area contributed by atoms with Crippen molar-refractivity contribution in [3.05, 3.63) is 35.4 Å². The molecule has 0 bridgehead atoms. The molecule has 1 aromatic carbocycles. The number of aryl methyl sites for hydroxylation is 1. The normalized spacial score (nSPS) is 23.5. The number of rotatable bonds is 3. The molecule has 0 aromatic heterocycles. The van der Waals surface area contributed by atoms with E-state index in [1.807, 2.05) is 12.1 Å². The first-order valence-corrected chi connectivity index (χ1v) is 5.63. The molecule has 3 heteroatoms. The summed E-state index contributed by atoms with van der Waals surface area (Å²) in [6, 6.07) is 10.6. The van der Waals surface area contributed by atoms with Gasteiger partial charge in [0.2, 0.25) is 0 Å². The fourth-order valence-corrected chi connectivity index (χ4v) is 2.32. The average molecular weight is 216 g/mol. The summed E-state index contributed by atoms with van der Waals surface area (Å²) in [4.78, 5) is 0. The summed E-state index contributed by atoms with van der Waals surface area (Å²) in [5.41, 5.74) is 2.11. The number of aliphatic hydroxyl groups excluding tert-OH is 1. The highest BCUT2D eigenvalue weighted by atomic mass is 16.3. The lowest BCUT2D eigenvalue weighted by molar-refractivity contribution is 0.263. The second kappa shape index (κ2) is 4.65. The zero-order valence-corrected chi connectivity index (χ0v) is 9.24. The van der Waals surface area contributed by atoms with Crippen LogP contribution in [0.2, 0.25) is 0 Å². The SMILES string of the molecule is N#CC1(NCCO)CCc2ccccc2C1. The molecule has 1 unspecified atom stereocenters.